The van der Waals surface area contributed by atoms with Crippen molar-refractivity contribution in [2.24, 2.45) is 5.11 Å². The minimum absolute atomic E-state index is 0.0838. The van der Waals surface area contributed by atoms with Crippen LogP contribution >= 0.6 is 0 Å². The maximum absolute atomic E-state index is 13.3. The molecule has 0 fully saturated rings. The Morgan fingerprint density at radius 3 is 2.72 bits per heavy atom. The summed E-state index contributed by atoms with van der Waals surface area (Å²) < 4.78 is 45.4. The van der Waals surface area contributed by atoms with Crippen molar-refractivity contribution in [2.45, 2.75) is 44.8 Å². The van der Waals surface area contributed by atoms with Gasteiger partial charge in [0.15, 0.2) is 5.03 Å². The van der Waals surface area contributed by atoms with E-state index in [1.54, 1.807) is 20.8 Å². The lowest BCUT2D eigenvalue weighted by molar-refractivity contribution is 0.467. The van der Waals surface area contributed by atoms with Gasteiger partial charge in [0.05, 0.1) is 12.2 Å². The Bertz CT molecular complexity index is 917. The van der Waals surface area contributed by atoms with Gasteiger partial charge in [-0.3, -0.25) is 0 Å². The second kappa shape index (κ2) is 7.54. The molecule has 134 valence electrons. The average molecular weight is 367 g/mol. The molecule has 1 aromatic carbocycles. The molecule has 8 nitrogen and oxygen atoms in total. The van der Waals surface area contributed by atoms with E-state index in [-0.39, 0.29) is 29.8 Å². The Hall–Kier alpha value is -2.58. The highest BCUT2D eigenvalue weighted by molar-refractivity contribution is 7.87. The summed E-state index contributed by atoms with van der Waals surface area (Å²) in [6.07, 6.45) is 0. The summed E-state index contributed by atoms with van der Waals surface area (Å²) in [6, 6.07) is 4.88. The molecule has 0 N–H and O–H groups in total. The number of imidazole rings is 1. The van der Waals surface area contributed by atoms with Crippen LogP contribution in [0.5, 0.6) is 5.75 Å². The van der Waals surface area contributed by atoms with Crippen LogP contribution in [0.15, 0.2) is 34.4 Å². The third-order valence-corrected chi connectivity index (χ3v) is 4.72. The Balaban J connectivity index is 2.58. The SMILES string of the molecule is CCn1c(CN=[N+]=[N-])nc(C(C)C)c1S(=O)(=O)Oc1cccc(F)c1. The molecule has 0 aliphatic carbocycles. The van der Waals surface area contributed by atoms with Gasteiger partial charge in [0.1, 0.15) is 17.4 Å². The molecule has 0 saturated heterocycles. The molecule has 0 amide bonds. The van der Waals surface area contributed by atoms with Crippen LogP contribution in [0.4, 0.5) is 4.39 Å². The maximum Gasteiger partial charge on any atom is 0.357 e. The Morgan fingerprint density at radius 2 is 2.16 bits per heavy atom. The highest BCUT2D eigenvalue weighted by Gasteiger charge is 2.30. The minimum Gasteiger partial charge on any atom is -0.378 e. The second-order valence-electron chi connectivity index (χ2n) is 5.50. The molecule has 0 saturated carbocycles. The van der Waals surface area contributed by atoms with Crippen molar-refractivity contribution in [1.29, 1.82) is 0 Å². The smallest absolute Gasteiger partial charge is 0.357 e. The average Bonchev–Trinajstić information content (AvgIpc) is 2.92. The fraction of sp³-hybridized carbons (Fsp3) is 0.400. The van der Waals surface area contributed by atoms with Gasteiger partial charge in [-0.25, -0.2) is 9.37 Å². The molecule has 0 radical (unpaired) electrons. The van der Waals surface area contributed by atoms with Crippen LogP contribution in [0.25, 0.3) is 10.4 Å². The molecule has 0 aliphatic heterocycles. The molecular weight excluding hydrogens is 349 g/mol. The molecule has 2 aromatic rings. The van der Waals surface area contributed by atoms with Gasteiger partial charge in [0.2, 0.25) is 0 Å². The first-order valence-corrected chi connectivity index (χ1v) is 9.01. The Labute approximate surface area is 145 Å². The number of azide groups is 1. The molecule has 1 heterocycles. The number of halogens is 1. The minimum atomic E-state index is -4.25. The first kappa shape index (κ1) is 18.8. The summed E-state index contributed by atoms with van der Waals surface area (Å²) in [7, 11) is -4.25. The summed E-state index contributed by atoms with van der Waals surface area (Å²) in [6.45, 7) is 5.53. The second-order valence-corrected chi connectivity index (χ2v) is 6.96. The normalized spacial score (nSPS) is 11.4. The largest absolute Gasteiger partial charge is 0.378 e. The van der Waals surface area contributed by atoms with Crippen LogP contribution in [0.1, 0.15) is 38.2 Å². The van der Waals surface area contributed by atoms with Gasteiger partial charge < -0.3 is 8.75 Å². The summed E-state index contributed by atoms with van der Waals surface area (Å²) in [5.41, 5.74) is 8.81. The zero-order valence-electron chi connectivity index (χ0n) is 14.0. The fourth-order valence-corrected chi connectivity index (χ4v) is 3.85. The van der Waals surface area contributed by atoms with Gasteiger partial charge in [-0.05, 0) is 30.5 Å². The van der Waals surface area contributed by atoms with Gasteiger partial charge in [-0.2, -0.15) is 8.42 Å². The van der Waals surface area contributed by atoms with E-state index in [1.807, 2.05) is 0 Å². The molecule has 0 unspecified atom stereocenters. The van der Waals surface area contributed by atoms with Crippen LogP contribution in [0.3, 0.4) is 0 Å². The first-order valence-electron chi connectivity index (χ1n) is 7.60. The van der Waals surface area contributed by atoms with Crippen molar-refractivity contribution >= 4 is 10.1 Å². The lowest BCUT2D eigenvalue weighted by Gasteiger charge is -2.12. The van der Waals surface area contributed by atoms with Crippen LogP contribution in [0.2, 0.25) is 0 Å². The van der Waals surface area contributed by atoms with Gasteiger partial charge >= 0.3 is 10.1 Å². The molecule has 0 aliphatic rings. The van der Waals surface area contributed by atoms with Crippen LogP contribution in [-0.4, -0.2) is 18.0 Å². The highest BCUT2D eigenvalue weighted by atomic mass is 32.2. The van der Waals surface area contributed by atoms with E-state index in [4.69, 9.17) is 9.71 Å². The van der Waals surface area contributed by atoms with E-state index in [0.717, 1.165) is 6.07 Å². The number of hydrogen-bond donors (Lipinski definition) is 0. The first-order chi connectivity index (χ1) is 11.8. The number of hydrogen-bond acceptors (Lipinski definition) is 5. The van der Waals surface area contributed by atoms with E-state index >= 15 is 0 Å². The zero-order valence-corrected chi connectivity index (χ0v) is 14.9. The number of benzene rings is 1. The topological polar surface area (TPSA) is 110 Å². The quantitative estimate of drug-likeness (QED) is 0.321. The third-order valence-electron chi connectivity index (χ3n) is 3.40. The fourth-order valence-electron chi connectivity index (χ4n) is 2.37. The predicted molar refractivity (Wildman–Crippen MR) is 89.1 cm³/mol. The molecule has 0 atom stereocenters. The monoisotopic (exact) mass is 367 g/mol. The molecule has 0 spiro atoms. The van der Waals surface area contributed by atoms with E-state index in [1.165, 1.54) is 22.8 Å². The van der Waals surface area contributed by atoms with Crippen molar-refractivity contribution < 1.29 is 17.0 Å². The van der Waals surface area contributed by atoms with Gasteiger partial charge in [-0.1, -0.05) is 25.0 Å². The third kappa shape index (κ3) is 4.09. The van der Waals surface area contributed by atoms with Gasteiger partial charge in [-0.15, -0.1) is 0 Å². The highest BCUT2D eigenvalue weighted by Crippen LogP contribution is 2.28. The van der Waals surface area contributed by atoms with E-state index < -0.39 is 15.9 Å². The van der Waals surface area contributed by atoms with Gasteiger partial charge in [0, 0.05) is 17.5 Å². The van der Waals surface area contributed by atoms with Crippen molar-refractivity contribution in [3.63, 3.8) is 0 Å². The number of rotatable bonds is 7. The maximum atomic E-state index is 13.3. The summed E-state index contributed by atoms with van der Waals surface area (Å²) in [4.78, 5) is 6.99. The molecule has 25 heavy (non-hydrogen) atoms. The zero-order chi connectivity index (χ0) is 18.6. The summed E-state index contributed by atoms with van der Waals surface area (Å²) >= 11 is 0. The molecule has 0 bridgehead atoms. The van der Waals surface area contributed by atoms with Gasteiger partial charge in [0.25, 0.3) is 0 Å². The predicted octanol–water partition coefficient (Wildman–Crippen LogP) is 3.74. The Kier molecular flexibility index (Phi) is 5.66. The van der Waals surface area contributed by atoms with Crippen molar-refractivity contribution in [3.8, 4) is 5.75 Å². The summed E-state index contributed by atoms with van der Waals surface area (Å²) in [5.74, 6) is -0.621. The van der Waals surface area contributed by atoms with Crippen molar-refractivity contribution in [2.75, 3.05) is 0 Å². The number of aromatic nitrogens is 2. The molecule has 1 aromatic heterocycles. The van der Waals surface area contributed by atoms with E-state index in [2.05, 4.69) is 15.0 Å². The molecule has 10 heteroatoms. The molecule has 2 rings (SSSR count). The Morgan fingerprint density at radius 1 is 1.44 bits per heavy atom. The standard InChI is InChI=1S/C15H18FN5O3S/c1-4-21-13(9-18-20-17)19-14(10(2)3)15(21)25(22,23)24-12-7-5-6-11(16)8-12/h5-8,10H,4,9H2,1-3H3. The van der Waals surface area contributed by atoms with Crippen molar-refractivity contribution in [3.05, 3.63) is 52.0 Å². The molecular formula is C15H18FN5O3S. The van der Waals surface area contributed by atoms with E-state index in [0.29, 0.717) is 11.5 Å². The van der Waals surface area contributed by atoms with Crippen LogP contribution < -0.4 is 4.18 Å². The van der Waals surface area contributed by atoms with Crippen molar-refractivity contribution in [1.82, 2.24) is 9.55 Å². The lowest BCUT2D eigenvalue weighted by Crippen LogP contribution is -2.18. The lowest BCUT2D eigenvalue weighted by atomic mass is 10.1. The summed E-state index contributed by atoms with van der Waals surface area (Å²) in [5, 5.41) is 3.34. The van der Waals surface area contributed by atoms with Crippen LogP contribution in [0, 0.1) is 5.82 Å². The van der Waals surface area contributed by atoms with E-state index in [9.17, 15) is 12.8 Å². The number of nitrogens with zero attached hydrogens (tertiary/aromatic N) is 5. The van der Waals surface area contributed by atoms with Crippen LogP contribution in [-0.2, 0) is 23.2 Å².